The second-order valence-corrected chi connectivity index (χ2v) is 9.07. The molecule has 7 nitrogen and oxygen atoms in total. The second-order valence-electron chi connectivity index (χ2n) is 6.95. The number of sulfonamides is 1. The van der Waals surface area contributed by atoms with Crippen LogP contribution in [0, 0.1) is 0 Å². The van der Waals surface area contributed by atoms with Crippen molar-refractivity contribution < 1.29 is 13.2 Å². The largest absolute Gasteiger partial charge is 0.373 e. The summed E-state index contributed by atoms with van der Waals surface area (Å²) in [4.78, 5) is 4.92. The molecule has 0 amide bonds. The number of hydrogen-bond acceptors (Lipinski definition) is 4. The lowest BCUT2D eigenvalue weighted by molar-refractivity contribution is 0.0992. The number of nitrogens with one attached hydrogen (secondary N) is 2. The lowest BCUT2D eigenvalue weighted by Crippen LogP contribution is -2.47. The molecule has 3 atom stereocenters. The molecule has 2 aliphatic heterocycles. The first-order valence-electron chi connectivity index (χ1n) is 9.12. The van der Waals surface area contributed by atoms with Crippen molar-refractivity contribution in [2.75, 3.05) is 20.6 Å². The second kappa shape index (κ2) is 9.53. The average molecular weight is 508 g/mol. The van der Waals surface area contributed by atoms with Gasteiger partial charge in [0.25, 0.3) is 0 Å². The third-order valence-electron chi connectivity index (χ3n) is 4.91. The van der Waals surface area contributed by atoms with E-state index >= 15 is 0 Å². The summed E-state index contributed by atoms with van der Waals surface area (Å²) in [5.41, 5.74) is 0.683. The molecule has 2 N–H and O–H groups in total. The van der Waals surface area contributed by atoms with Gasteiger partial charge in [-0.1, -0.05) is 18.2 Å². The van der Waals surface area contributed by atoms with E-state index in [-0.39, 0.29) is 36.1 Å². The normalized spacial score (nSPS) is 24.7. The Morgan fingerprint density at radius 3 is 2.63 bits per heavy atom. The Labute approximate surface area is 179 Å². The molecule has 0 saturated carbocycles. The van der Waals surface area contributed by atoms with Gasteiger partial charge in [0.1, 0.15) is 0 Å². The fourth-order valence-corrected chi connectivity index (χ4v) is 4.64. The molecule has 2 saturated heterocycles. The number of nitrogens with zero attached hydrogens (tertiary/aromatic N) is 2. The maximum absolute atomic E-state index is 12.5. The lowest BCUT2D eigenvalue weighted by atomic mass is 9.96. The van der Waals surface area contributed by atoms with E-state index in [4.69, 9.17) is 4.74 Å². The van der Waals surface area contributed by atoms with Crippen LogP contribution in [0.15, 0.2) is 34.2 Å². The highest BCUT2D eigenvalue weighted by Crippen LogP contribution is 2.34. The standard InChI is InChI=1S/C18H28N4O3S.HI/c1-4-19-18(21-15-11-14-9-10-16(15)25-14)20-12-13-7-5-6-8-17(13)26(23,24)22(2)3;/h5-8,14-16H,4,9-12H2,1-3H3,(H2,19,20,21);1H. The van der Waals surface area contributed by atoms with Crippen molar-refractivity contribution in [1.29, 1.82) is 0 Å². The van der Waals surface area contributed by atoms with Gasteiger partial charge in [0.2, 0.25) is 10.0 Å². The summed E-state index contributed by atoms with van der Waals surface area (Å²) in [6.45, 7) is 3.05. The quantitative estimate of drug-likeness (QED) is 0.349. The van der Waals surface area contributed by atoms with Crippen LogP contribution in [0.3, 0.4) is 0 Å². The molecule has 1 aromatic rings. The molecule has 9 heteroatoms. The van der Waals surface area contributed by atoms with Gasteiger partial charge < -0.3 is 15.4 Å². The minimum absolute atomic E-state index is 0. The van der Waals surface area contributed by atoms with Gasteiger partial charge in [-0.3, -0.25) is 0 Å². The Morgan fingerprint density at radius 1 is 1.30 bits per heavy atom. The molecule has 1 aromatic carbocycles. The van der Waals surface area contributed by atoms with Crippen LogP contribution in [-0.2, 0) is 21.3 Å². The predicted molar refractivity (Wildman–Crippen MR) is 117 cm³/mol. The van der Waals surface area contributed by atoms with E-state index in [0.29, 0.717) is 29.1 Å². The molecule has 0 spiro atoms. The molecule has 27 heavy (non-hydrogen) atoms. The third-order valence-corrected chi connectivity index (χ3v) is 6.83. The van der Waals surface area contributed by atoms with Crippen LogP contribution in [-0.4, -0.2) is 57.6 Å². The zero-order valence-corrected chi connectivity index (χ0v) is 19.2. The van der Waals surface area contributed by atoms with Gasteiger partial charge in [0, 0.05) is 20.6 Å². The Morgan fingerprint density at radius 2 is 2.04 bits per heavy atom. The van der Waals surface area contributed by atoms with Crippen molar-refractivity contribution in [3.63, 3.8) is 0 Å². The van der Waals surface area contributed by atoms with Crippen molar-refractivity contribution in [1.82, 2.24) is 14.9 Å². The van der Waals surface area contributed by atoms with E-state index in [2.05, 4.69) is 15.6 Å². The van der Waals surface area contributed by atoms with Crippen LogP contribution in [0.1, 0.15) is 31.7 Å². The van der Waals surface area contributed by atoms with E-state index in [1.165, 1.54) is 18.4 Å². The fraction of sp³-hybridized carbons (Fsp3) is 0.611. The van der Waals surface area contributed by atoms with Gasteiger partial charge in [-0.15, -0.1) is 24.0 Å². The molecule has 0 radical (unpaired) electrons. The van der Waals surface area contributed by atoms with Gasteiger partial charge in [-0.2, -0.15) is 0 Å². The topological polar surface area (TPSA) is 83.0 Å². The summed E-state index contributed by atoms with van der Waals surface area (Å²) >= 11 is 0. The smallest absolute Gasteiger partial charge is 0.242 e. The molecule has 2 heterocycles. The molecular formula is C18H29IN4O3S. The molecule has 152 valence electrons. The first kappa shape index (κ1) is 22.4. The highest BCUT2D eigenvalue weighted by molar-refractivity contribution is 14.0. The van der Waals surface area contributed by atoms with Crippen LogP contribution >= 0.6 is 24.0 Å². The maximum atomic E-state index is 12.5. The SMILES string of the molecule is CCNC(=NCc1ccccc1S(=O)(=O)N(C)C)NC1CC2CCC1O2.I. The van der Waals surface area contributed by atoms with Crippen LogP contribution in [0.25, 0.3) is 0 Å². The summed E-state index contributed by atoms with van der Waals surface area (Å²) in [5.74, 6) is 0.700. The van der Waals surface area contributed by atoms with E-state index in [1.807, 2.05) is 19.1 Å². The van der Waals surface area contributed by atoms with Crippen molar-refractivity contribution in [2.45, 2.75) is 55.9 Å². The number of rotatable bonds is 6. The van der Waals surface area contributed by atoms with Gasteiger partial charge in [-0.05, 0) is 37.8 Å². The molecule has 2 bridgehead atoms. The van der Waals surface area contributed by atoms with Gasteiger partial charge in [0.05, 0.1) is 29.7 Å². The molecule has 2 fully saturated rings. The maximum Gasteiger partial charge on any atom is 0.242 e. The van der Waals surface area contributed by atoms with Gasteiger partial charge >= 0.3 is 0 Å². The monoisotopic (exact) mass is 508 g/mol. The number of benzene rings is 1. The Balaban J connectivity index is 0.00000261. The number of ether oxygens (including phenoxy) is 1. The van der Waals surface area contributed by atoms with E-state index in [0.717, 1.165) is 25.8 Å². The molecule has 3 rings (SSSR count). The van der Waals surface area contributed by atoms with Gasteiger partial charge in [-0.25, -0.2) is 17.7 Å². The number of hydrogen-bond donors (Lipinski definition) is 2. The zero-order valence-electron chi connectivity index (χ0n) is 16.0. The van der Waals surface area contributed by atoms with E-state index in [1.54, 1.807) is 12.1 Å². The van der Waals surface area contributed by atoms with Gasteiger partial charge in [0.15, 0.2) is 5.96 Å². The summed E-state index contributed by atoms with van der Waals surface area (Å²) in [6, 6.07) is 7.28. The van der Waals surface area contributed by atoms with Crippen LogP contribution in [0.2, 0.25) is 0 Å². The Hall–Kier alpha value is -0.910. The summed E-state index contributed by atoms with van der Waals surface area (Å²) < 4.78 is 32.2. The van der Waals surface area contributed by atoms with Crippen molar-refractivity contribution in [3.8, 4) is 0 Å². The van der Waals surface area contributed by atoms with Crippen molar-refractivity contribution in [2.24, 2.45) is 4.99 Å². The van der Waals surface area contributed by atoms with Crippen LogP contribution in [0.4, 0.5) is 0 Å². The molecule has 2 aliphatic rings. The lowest BCUT2D eigenvalue weighted by Gasteiger charge is -2.22. The summed E-state index contributed by atoms with van der Waals surface area (Å²) in [7, 11) is -0.418. The predicted octanol–water partition coefficient (Wildman–Crippen LogP) is 1.93. The van der Waals surface area contributed by atoms with E-state index in [9.17, 15) is 8.42 Å². The zero-order chi connectivity index (χ0) is 18.7. The minimum atomic E-state index is -3.49. The van der Waals surface area contributed by atoms with Crippen LogP contribution in [0.5, 0.6) is 0 Å². The van der Waals surface area contributed by atoms with Crippen molar-refractivity contribution in [3.05, 3.63) is 29.8 Å². The van der Waals surface area contributed by atoms with Crippen LogP contribution < -0.4 is 10.6 Å². The molecule has 3 unspecified atom stereocenters. The minimum Gasteiger partial charge on any atom is -0.373 e. The molecule has 0 aromatic heterocycles. The third kappa shape index (κ3) is 5.12. The summed E-state index contributed by atoms with van der Waals surface area (Å²) in [6.07, 6.45) is 3.86. The number of aliphatic imine (C=N–C) groups is 1. The van der Waals surface area contributed by atoms with E-state index < -0.39 is 10.0 Å². The fourth-order valence-electron chi connectivity index (χ4n) is 3.53. The first-order chi connectivity index (χ1) is 12.4. The average Bonchev–Trinajstić information content (AvgIpc) is 3.23. The molecular weight excluding hydrogens is 479 g/mol. The number of guanidine groups is 1. The first-order valence-corrected chi connectivity index (χ1v) is 10.6. The Bertz CT molecular complexity index is 770. The van der Waals surface area contributed by atoms with Crippen molar-refractivity contribution >= 4 is 40.0 Å². The number of halogens is 1. The summed E-state index contributed by atoms with van der Waals surface area (Å²) in [5, 5.41) is 6.70. The molecule has 0 aliphatic carbocycles. The Kier molecular flexibility index (Phi) is 7.90. The number of fused-ring (bicyclic) bond motifs is 2. The highest BCUT2D eigenvalue weighted by atomic mass is 127. The highest BCUT2D eigenvalue weighted by Gasteiger charge is 2.41.